The fourth-order valence-electron chi connectivity index (χ4n) is 2.39. The molecule has 1 saturated carbocycles. The lowest BCUT2D eigenvalue weighted by Crippen LogP contribution is -2.45. The van der Waals surface area contributed by atoms with Crippen LogP contribution in [0.3, 0.4) is 0 Å². The fourth-order valence-corrected chi connectivity index (χ4v) is 2.39. The van der Waals surface area contributed by atoms with Crippen molar-refractivity contribution in [2.75, 3.05) is 13.1 Å². The van der Waals surface area contributed by atoms with Crippen LogP contribution in [0.15, 0.2) is 0 Å². The molecule has 0 saturated heterocycles. The van der Waals surface area contributed by atoms with E-state index >= 15 is 0 Å². The van der Waals surface area contributed by atoms with Gasteiger partial charge >= 0.3 is 0 Å². The molecule has 0 radical (unpaired) electrons. The Balaban J connectivity index is 2.58. The monoisotopic (exact) mass is 222 g/mol. The highest BCUT2D eigenvalue weighted by atomic mass is 16.1. The van der Waals surface area contributed by atoms with Crippen LogP contribution in [0, 0.1) is 17.2 Å². The van der Waals surface area contributed by atoms with Crippen LogP contribution in [0.2, 0.25) is 0 Å². The number of Topliss-reactive ketones (excluding diaryl/α,β-unsaturated/α-hetero) is 1. The Morgan fingerprint density at radius 3 is 2.81 bits per heavy atom. The third-order valence-electron chi connectivity index (χ3n) is 3.07. The number of nitrogens with zero attached hydrogens (tertiary/aromatic N) is 2. The second-order valence-corrected chi connectivity index (χ2v) is 5.02. The second-order valence-electron chi connectivity index (χ2n) is 5.02. The first-order valence-electron chi connectivity index (χ1n) is 6.29. The molecule has 0 bridgehead atoms. The Bertz CT molecular complexity index is 268. The summed E-state index contributed by atoms with van der Waals surface area (Å²) in [5.74, 6) is 0.929. The van der Waals surface area contributed by atoms with Gasteiger partial charge in [-0.25, -0.2) is 0 Å². The topological polar surface area (TPSA) is 44.1 Å². The SMILES string of the molecule is CC(C)CN(CCC#N)C1CCCCC1=O. The van der Waals surface area contributed by atoms with Gasteiger partial charge in [0.25, 0.3) is 0 Å². The molecule has 3 nitrogen and oxygen atoms in total. The van der Waals surface area contributed by atoms with Crippen LogP contribution in [0.1, 0.15) is 46.0 Å². The highest BCUT2D eigenvalue weighted by Crippen LogP contribution is 2.20. The number of ketones is 1. The summed E-state index contributed by atoms with van der Waals surface area (Å²) in [5, 5.41) is 8.65. The van der Waals surface area contributed by atoms with Gasteiger partial charge in [0.15, 0.2) is 0 Å². The van der Waals surface area contributed by atoms with Crippen LogP contribution >= 0.6 is 0 Å². The second kappa shape index (κ2) is 6.65. The molecule has 0 aromatic heterocycles. The molecule has 0 heterocycles. The fraction of sp³-hybridized carbons (Fsp3) is 0.846. The molecule has 1 rings (SSSR count). The van der Waals surface area contributed by atoms with Crippen LogP contribution in [-0.4, -0.2) is 29.8 Å². The van der Waals surface area contributed by atoms with Gasteiger partial charge in [-0.15, -0.1) is 0 Å². The summed E-state index contributed by atoms with van der Waals surface area (Å²) in [6.07, 6.45) is 4.43. The first-order chi connectivity index (χ1) is 7.65. The zero-order chi connectivity index (χ0) is 12.0. The third kappa shape index (κ3) is 3.94. The minimum atomic E-state index is 0.0875. The standard InChI is InChI=1S/C13H22N2O/c1-11(2)10-15(9-5-8-14)12-6-3-4-7-13(12)16/h11-12H,3-7,9-10H2,1-2H3. The summed E-state index contributed by atoms with van der Waals surface area (Å²) >= 11 is 0. The van der Waals surface area contributed by atoms with E-state index in [1.165, 1.54) is 0 Å². The van der Waals surface area contributed by atoms with E-state index in [-0.39, 0.29) is 6.04 Å². The van der Waals surface area contributed by atoms with Gasteiger partial charge < -0.3 is 0 Å². The highest BCUT2D eigenvalue weighted by molar-refractivity contribution is 5.84. The maximum absolute atomic E-state index is 11.9. The molecule has 0 aliphatic heterocycles. The summed E-state index contributed by atoms with van der Waals surface area (Å²) in [5.41, 5.74) is 0. The predicted octanol–water partition coefficient (Wildman–Crippen LogP) is 2.37. The van der Waals surface area contributed by atoms with Crippen molar-refractivity contribution < 1.29 is 4.79 Å². The van der Waals surface area contributed by atoms with E-state index < -0.39 is 0 Å². The van der Waals surface area contributed by atoms with Crippen molar-refractivity contribution in [1.29, 1.82) is 5.26 Å². The molecule has 0 aromatic rings. The first-order valence-corrected chi connectivity index (χ1v) is 6.29. The quantitative estimate of drug-likeness (QED) is 0.717. The smallest absolute Gasteiger partial charge is 0.149 e. The molecule has 1 aliphatic rings. The number of nitriles is 1. The number of carbonyl (C=O) groups excluding carboxylic acids is 1. The average Bonchev–Trinajstić information content (AvgIpc) is 2.24. The normalized spacial score (nSPS) is 21.4. The highest BCUT2D eigenvalue weighted by Gasteiger charge is 2.28. The molecule has 1 aliphatic carbocycles. The number of hydrogen-bond donors (Lipinski definition) is 0. The molecule has 16 heavy (non-hydrogen) atoms. The van der Waals surface area contributed by atoms with Crippen molar-refractivity contribution >= 4 is 5.78 Å². The van der Waals surface area contributed by atoms with Crippen molar-refractivity contribution in [3.8, 4) is 6.07 Å². The van der Waals surface area contributed by atoms with E-state index in [1.807, 2.05) is 0 Å². The molecular formula is C13H22N2O. The Kier molecular flexibility index (Phi) is 5.48. The molecule has 0 spiro atoms. The lowest BCUT2D eigenvalue weighted by Gasteiger charge is -2.33. The van der Waals surface area contributed by atoms with Crippen LogP contribution in [0.25, 0.3) is 0 Å². The lowest BCUT2D eigenvalue weighted by atomic mass is 9.92. The Hall–Kier alpha value is -0.880. The zero-order valence-electron chi connectivity index (χ0n) is 10.4. The molecule has 1 unspecified atom stereocenters. The molecule has 90 valence electrons. The van der Waals surface area contributed by atoms with Crippen LogP contribution in [0.5, 0.6) is 0 Å². The van der Waals surface area contributed by atoms with Gasteiger partial charge in [-0.3, -0.25) is 9.69 Å². The van der Waals surface area contributed by atoms with Crippen molar-refractivity contribution in [3.05, 3.63) is 0 Å². The van der Waals surface area contributed by atoms with E-state index in [2.05, 4.69) is 24.8 Å². The minimum absolute atomic E-state index is 0.0875. The molecule has 1 atom stereocenters. The average molecular weight is 222 g/mol. The summed E-state index contributed by atoms with van der Waals surface area (Å²) < 4.78 is 0. The van der Waals surface area contributed by atoms with Crippen LogP contribution in [-0.2, 0) is 4.79 Å². The van der Waals surface area contributed by atoms with Crippen molar-refractivity contribution in [3.63, 3.8) is 0 Å². The zero-order valence-corrected chi connectivity index (χ0v) is 10.4. The first kappa shape index (κ1) is 13.2. The van der Waals surface area contributed by atoms with E-state index in [0.717, 1.165) is 38.8 Å². The lowest BCUT2D eigenvalue weighted by molar-refractivity contribution is -0.126. The van der Waals surface area contributed by atoms with Gasteiger partial charge in [0.2, 0.25) is 0 Å². The van der Waals surface area contributed by atoms with Crippen LogP contribution in [0.4, 0.5) is 0 Å². The van der Waals surface area contributed by atoms with Gasteiger partial charge in [-0.05, 0) is 18.8 Å². The van der Waals surface area contributed by atoms with Gasteiger partial charge in [-0.2, -0.15) is 5.26 Å². The van der Waals surface area contributed by atoms with Gasteiger partial charge in [0.05, 0.1) is 12.1 Å². The molecule has 1 fully saturated rings. The predicted molar refractivity (Wildman–Crippen MR) is 63.9 cm³/mol. The van der Waals surface area contributed by atoms with Crippen LogP contribution < -0.4 is 0 Å². The van der Waals surface area contributed by atoms with Gasteiger partial charge in [0, 0.05) is 25.9 Å². The maximum Gasteiger partial charge on any atom is 0.149 e. The number of rotatable bonds is 5. The summed E-state index contributed by atoms with van der Waals surface area (Å²) in [6.45, 7) is 5.99. The largest absolute Gasteiger partial charge is 0.298 e. The number of carbonyl (C=O) groups is 1. The molecule has 0 N–H and O–H groups in total. The molecule has 0 aromatic carbocycles. The van der Waals surface area contributed by atoms with E-state index in [1.54, 1.807) is 0 Å². The maximum atomic E-state index is 11.9. The summed E-state index contributed by atoms with van der Waals surface area (Å²) in [7, 11) is 0. The summed E-state index contributed by atoms with van der Waals surface area (Å²) in [6, 6.07) is 2.26. The van der Waals surface area contributed by atoms with Gasteiger partial charge in [0.1, 0.15) is 5.78 Å². The van der Waals surface area contributed by atoms with E-state index in [0.29, 0.717) is 18.1 Å². The Labute approximate surface area is 98.4 Å². The van der Waals surface area contributed by atoms with Gasteiger partial charge in [-0.1, -0.05) is 20.3 Å². The molecule has 0 amide bonds. The molecular weight excluding hydrogens is 200 g/mol. The number of hydrogen-bond acceptors (Lipinski definition) is 3. The van der Waals surface area contributed by atoms with Crippen molar-refractivity contribution in [2.24, 2.45) is 5.92 Å². The summed E-state index contributed by atoms with van der Waals surface area (Å²) in [4.78, 5) is 14.1. The van der Waals surface area contributed by atoms with Crippen molar-refractivity contribution in [2.45, 2.75) is 52.0 Å². The van der Waals surface area contributed by atoms with E-state index in [9.17, 15) is 4.79 Å². The Morgan fingerprint density at radius 2 is 2.25 bits per heavy atom. The third-order valence-corrected chi connectivity index (χ3v) is 3.07. The van der Waals surface area contributed by atoms with Crippen molar-refractivity contribution in [1.82, 2.24) is 4.90 Å². The molecule has 3 heteroatoms. The Morgan fingerprint density at radius 1 is 1.50 bits per heavy atom. The minimum Gasteiger partial charge on any atom is -0.298 e. The van der Waals surface area contributed by atoms with E-state index in [4.69, 9.17) is 5.26 Å².